The Labute approximate surface area is 307 Å². The van der Waals surface area contributed by atoms with E-state index in [0.717, 1.165) is 41.3 Å². The zero-order chi connectivity index (χ0) is 37.3. The number of nitrogens with one attached hydrogen (secondary N) is 4. The second-order valence-corrected chi connectivity index (χ2v) is 15.6. The van der Waals surface area contributed by atoms with E-state index >= 15 is 0 Å². The molecule has 1 aliphatic rings. The van der Waals surface area contributed by atoms with Gasteiger partial charge in [0.2, 0.25) is 15.9 Å². The van der Waals surface area contributed by atoms with Gasteiger partial charge in [-0.1, -0.05) is 66.1 Å². The number of sulfonamides is 1. The first kappa shape index (κ1) is 38.2. The van der Waals surface area contributed by atoms with Crippen molar-refractivity contribution >= 4 is 46.7 Å². The third kappa shape index (κ3) is 11.2. The molecule has 3 atom stereocenters. The molecule has 1 aliphatic carbocycles. The van der Waals surface area contributed by atoms with Gasteiger partial charge in [-0.15, -0.1) is 0 Å². The third-order valence-corrected chi connectivity index (χ3v) is 10.2. The van der Waals surface area contributed by atoms with E-state index in [1.807, 2.05) is 75.4 Å². The van der Waals surface area contributed by atoms with E-state index in [-0.39, 0.29) is 35.8 Å². The van der Waals surface area contributed by atoms with Gasteiger partial charge in [0.05, 0.1) is 30.6 Å². The zero-order valence-corrected chi connectivity index (χ0v) is 31.0. The molecule has 3 aromatic carbocycles. The van der Waals surface area contributed by atoms with Crippen LogP contribution in [0.1, 0.15) is 70.1 Å². The first-order valence-corrected chi connectivity index (χ1v) is 19.5. The van der Waals surface area contributed by atoms with Crippen LogP contribution in [-0.2, 0) is 27.8 Å². The Morgan fingerprint density at radius 2 is 1.56 bits per heavy atom. The molecule has 1 saturated carbocycles. The number of benzene rings is 3. The number of pyridine rings is 1. The van der Waals surface area contributed by atoms with E-state index in [2.05, 4.69) is 26.3 Å². The molecule has 1 fully saturated rings. The van der Waals surface area contributed by atoms with E-state index in [1.54, 1.807) is 25.4 Å². The molecule has 52 heavy (non-hydrogen) atoms. The molecule has 1 heterocycles. The zero-order valence-electron chi connectivity index (χ0n) is 30.1. The van der Waals surface area contributed by atoms with Crippen LogP contribution in [-0.4, -0.2) is 70.4 Å². The molecule has 0 saturated heterocycles. The fraction of sp³-hybridized carbons (Fsp3) is 0.333. The normalized spacial score (nSPS) is 14.4. The van der Waals surface area contributed by atoms with Crippen molar-refractivity contribution in [3.8, 4) is 0 Å². The maximum Gasteiger partial charge on any atom is 0.251 e. The number of anilines is 1. The van der Waals surface area contributed by atoms with E-state index < -0.39 is 40.0 Å². The van der Waals surface area contributed by atoms with Crippen molar-refractivity contribution in [1.82, 2.24) is 26.3 Å². The van der Waals surface area contributed by atoms with Crippen LogP contribution in [0.2, 0.25) is 0 Å². The van der Waals surface area contributed by atoms with Gasteiger partial charge in [-0.05, 0) is 80.0 Å². The lowest BCUT2D eigenvalue weighted by Crippen LogP contribution is -2.49. The predicted octanol–water partition coefficient (Wildman–Crippen LogP) is 2.64. The molecule has 11 nitrogen and oxygen atoms in total. The average molecular weight is 723 g/mol. The number of aromatic nitrogens is 1. The topological polar surface area (TPSA) is 150 Å². The average Bonchev–Trinajstić information content (AvgIpc) is 3.97. The van der Waals surface area contributed by atoms with Gasteiger partial charge in [0.25, 0.3) is 11.8 Å². The van der Waals surface area contributed by atoms with Gasteiger partial charge in [-0.25, -0.2) is 8.42 Å². The van der Waals surface area contributed by atoms with Crippen molar-refractivity contribution < 1.29 is 22.8 Å². The molecular weight excluding hydrogens is 675 g/mol. The SMILES string of the molecule is Bc1ccc(CN(c2cc(C(=O)NC(C)c3cccnc3)cc(C(=O)N[C@H](CN[C@@H](C)C(=O)NCC3CC3)Cc3ccccc3)c2)S(C)(=O)=O)cc1. The Morgan fingerprint density at radius 1 is 0.885 bits per heavy atom. The highest BCUT2D eigenvalue weighted by Crippen LogP contribution is 2.28. The minimum atomic E-state index is -3.86. The number of hydrogen-bond donors (Lipinski definition) is 4. The summed E-state index contributed by atoms with van der Waals surface area (Å²) in [5, 5.41) is 12.3. The summed E-state index contributed by atoms with van der Waals surface area (Å²) in [5.41, 5.74) is 3.95. The van der Waals surface area contributed by atoms with Gasteiger partial charge in [-0.3, -0.25) is 23.7 Å². The maximum absolute atomic E-state index is 14.1. The van der Waals surface area contributed by atoms with Gasteiger partial charge in [-0.2, -0.15) is 0 Å². The van der Waals surface area contributed by atoms with Gasteiger partial charge < -0.3 is 21.3 Å². The first-order valence-electron chi connectivity index (χ1n) is 17.6. The van der Waals surface area contributed by atoms with Gasteiger partial charge in [0.1, 0.15) is 7.85 Å². The highest BCUT2D eigenvalue weighted by atomic mass is 32.2. The van der Waals surface area contributed by atoms with Gasteiger partial charge >= 0.3 is 0 Å². The summed E-state index contributed by atoms with van der Waals surface area (Å²) in [5.74, 6) is -0.522. The van der Waals surface area contributed by atoms with Crippen molar-refractivity contribution in [2.75, 3.05) is 23.7 Å². The van der Waals surface area contributed by atoms with Crippen LogP contribution < -0.4 is 31.0 Å². The van der Waals surface area contributed by atoms with E-state index in [9.17, 15) is 22.8 Å². The number of amides is 3. The molecule has 272 valence electrons. The lowest BCUT2D eigenvalue weighted by molar-refractivity contribution is -0.122. The smallest absolute Gasteiger partial charge is 0.251 e. The number of carbonyl (C=O) groups excluding carboxylic acids is 3. The van der Waals surface area contributed by atoms with Crippen molar-refractivity contribution in [1.29, 1.82) is 0 Å². The van der Waals surface area contributed by atoms with E-state index in [1.165, 1.54) is 22.5 Å². The summed E-state index contributed by atoms with van der Waals surface area (Å²) in [6.45, 7) is 4.56. The summed E-state index contributed by atoms with van der Waals surface area (Å²) >= 11 is 0. The minimum absolute atomic E-state index is 0.00141. The van der Waals surface area contributed by atoms with Crippen molar-refractivity contribution in [2.24, 2.45) is 5.92 Å². The number of carbonyl (C=O) groups is 3. The minimum Gasteiger partial charge on any atom is -0.354 e. The molecule has 3 amide bonds. The summed E-state index contributed by atoms with van der Waals surface area (Å²) in [6, 6.07) is 23.9. The maximum atomic E-state index is 14.1. The Bertz CT molecular complexity index is 1940. The summed E-state index contributed by atoms with van der Waals surface area (Å²) in [4.78, 5) is 44.7. The second kappa shape index (κ2) is 17.5. The van der Waals surface area contributed by atoms with Gasteiger partial charge in [0.15, 0.2) is 0 Å². The Morgan fingerprint density at radius 3 is 2.17 bits per heavy atom. The van der Waals surface area contributed by atoms with Crippen LogP contribution in [0, 0.1) is 5.92 Å². The van der Waals surface area contributed by atoms with Crippen LogP contribution in [0.4, 0.5) is 5.69 Å². The molecule has 0 spiro atoms. The number of rotatable bonds is 17. The predicted molar refractivity (Wildman–Crippen MR) is 207 cm³/mol. The Balaban J connectivity index is 1.44. The molecule has 4 N–H and O–H groups in total. The quantitative estimate of drug-likeness (QED) is 0.123. The second-order valence-electron chi connectivity index (χ2n) is 13.7. The first-order chi connectivity index (χ1) is 24.9. The molecule has 4 aromatic rings. The highest BCUT2D eigenvalue weighted by Gasteiger charge is 2.26. The Hall–Kier alpha value is -5.01. The Kier molecular flexibility index (Phi) is 12.8. The summed E-state index contributed by atoms with van der Waals surface area (Å²) in [7, 11) is -1.91. The summed E-state index contributed by atoms with van der Waals surface area (Å²) < 4.78 is 27.7. The molecule has 1 unspecified atom stereocenters. The van der Waals surface area contributed by atoms with Crippen LogP contribution in [0.25, 0.3) is 0 Å². The van der Waals surface area contributed by atoms with Gasteiger partial charge in [0, 0.05) is 42.7 Å². The fourth-order valence-corrected chi connectivity index (χ4v) is 6.62. The fourth-order valence-electron chi connectivity index (χ4n) is 5.75. The van der Waals surface area contributed by atoms with E-state index in [0.29, 0.717) is 18.9 Å². The molecule has 0 radical (unpaired) electrons. The molecule has 1 aromatic heterocycles. The van der Waals surface area contributed by atoms with Crippen LogP contribution in [0.5, 0.6) is 0 Å². The van der Waals surface area contributed by atoms with Crippen LogP contribution >= 0.6 is 0 Å². The molecule has 0 bridgehead atoms. The molecular formula is C39H47BN6O5S. The van der Waals surface area contributed by atoms with Crippen LogP contribution in [0.3, 0.4) is 0 Å². The third-order valence-electron chi connectivity index (χ3n) is 9.10. The number of hydrogen-bond acceptors (Lipinski definition) is 7. The highest BCUT2D eigenvalue weighted by molar-refractivity contribution is 7.92. The summed E-state index contributed by atoms with van der Waals surface area (Å²) in [6.07, 6.45) is 7.14. The molecule has 5 rings (SSSR count). The standard InChI is InChI=1S/C39H47BN6O5S/c1-26(31-10-7-17-41-23-31)44-38(48)32-19-33(21-36(20-32)46(52(3,50)51)25-30-13-15-34(40)16-14-30)39(49)45-35(18-28-8-5-4-6-9-28)24-42-27(2)37(47)43-22-29-11-12-29/h4-10,13-17,19-21,23,26-27,29,35,42H,11-12,18,22,24-25,40H2,1-3H3,(H,43,47)(H,44,48)(H,45,49)/t26?,27-,35-/m0/s1. The number of nitrogens with zero attached hydrogens (tertiary/aromatic N) is 2. The van der Waals surface area contributed by atoms with Crippen molar-refractivity contribution in [2.45, 2.75) is 57.8 Å². The van der Waals surface area contributed by atoms with Crippen LogP contribution in [0.15, 0.2) is 97.3 Å². The molecule has 13 heteroatoms. The lowest BCUT2D eigenvalue weighted by Gasteiger charge is -2.25. The molecule has 0 aliphatic heterocycles. The van der Waals surface area contributed by atoms with E-state index in [4.69, 9.17) is 0 Å². The van der Waals surface area contributed by atoms with Crippen molar-refractivity contribution in [3.05, 3.63) is 125 Å². The largest absolute Gasteiger partial charge is 0.354 e. The monoisotopic (exact) mass is 722 g/mol. The van der Waals surface area contributed by atoms with Crippen molar-refractivity contribution in [3.63, 3.8) is 0 Å². The lowest BCUT2D eigenvalue weighted by atomic mass is 9.95.